The van der Waals surface area contributed by atoms with Crippen LogP contribution in [0.3, 0.4) is 0 Å². The van der Waals surface area contributed by atoms with Crippen molar-refractivity contribution in [3.05, 3.63) is 40.3 Å². The second-order valence-electron chi connectivity index (χ2n) is 6.42. The van der Waals surface area contributed by atoms with E-state index in [-0.39, 0.29) is 5.56 Å². The first kappa shape index (κ1) is 14.9. The summed E-state index contributed by atoms with van der Waals surface area (Å²) in [6.07, 6.45) is 5.35. The summed E-state index contributed by atoms with van der Waals surface area (Å²) in [7, 11) is 0. The second kappa shape index (κ2) is 5.78. The van der Waals surface area contributed by atoms with Gasteiger partial charge in [0.05, 0.1) is 11.7 Å². The molecule has 0 radical (unpaired) electrons. The molecule has 24 heavy (non-hydrogen) atoms. The molecule has 0 unspecified atom stereocenters. The Labute approximate surface area is 139 Å². The molecule has 6 heteroatoms. The Morgan fingerprint density at radius 3 is 2.62 bits per heavy atom. The zero-order chi connectivity index (χ0) is 16.7. The molecule has 0 bridgehead atoms. The van der Waals surface area contributed by atoms with Crippen LogP contribution in [0.5, 0.6) is 0 Å². The van der Waals surface area contributed by atoms with Gasteiger partial charge in [0.2, 0.25) is 0 Å². The molecule has 1 aliphatic rings. The lowest BCUT2D eigenvalue weighted by molar-refractivity contribution is 0.474. The largest absolute Gasteiger partial charge is 0.399 e. The number of anilines is 1. The SMILES string of the molecule is CCc1nn(C2CCCC2)c2nc(-c3ccc(N)cc3)[nH]c(=O)c12. The number of aryl methyl sites for hydroxylation is 1. The third-order valence-corrected chi connectivity index (χ3v) is 4.82. The summed E-state index contributed by atoms with van der Waals surface area (Å²) in [6.45, 7) is 2.02. The van der Waals surface area contributed by atoms with E-state index in [1.807, 2.05) is 35.9 Å². The van der Waals surface area contributed by atoms with Crippen LogP contribution in [0.1, 0.15) is 44.3 Å². The standard InChI is InChI=1S/C18H21N5O/c1-2-14-15-17(23(22-14)13-5-3-4-6-13)20-16(21-18(15)24)11-7-9-12(19)10-8-11/h7-10,13H,2-6,19H2,1H3,(H,20,21,24). The van der Waals surface area contributed by atoms with Crippen LogP contribution in [0.15, 0.2) is 29.1 Å². The van der Waals surface area contributed by atoms with Gasteiger partial charge in [-0.15, -0.1) is 0 Å². The van der Waals surface area contributed by atoms with E-state index in [0.29, 0.717) is 28.6 Å². The minimum Gasteiger partial charge on any atom is -0.399 e. The maximum atomic E-state index is 12.7. The summed E-state index contributed by atoms with van der Waals surface area (Å²) < 4.78 is 1.98. The minimum absolute atomic E-state index is 0.118. The molecule has 124 valence electrons. The van der Waals surface area contributed by atoms with Gasteiger partial charge in [-0.3, -0.25) is 4.79 Å². The zero-order valence-electron chi connectivity index (χ0n) is 13.7. The number of nitrogen functional groups attached to an aromatic ring is 1. The molecule has 0 aliphatic heterocycles. The number of hydrogen-bond acceptors (Lipinski definition) is 4. The van der Waals surface area contributed by atoms with E-state index in [2.05, 4.69) is 4.98 Å². The van der Waals surface area contributed by atoms with Gasteiger partial charge in [-0.1, -0.05) is 19.8 Å². The van der Waals surface area contributed by atoms with Crippen molar-refractivity contribution in [1.82, 2.24) is 19.7 Å². The highest BCUT2D eigenvalue weighted by atomic mass is 16.1. The summed E-state index contributed by atoms with van der Waals surface area (Å²) in [5.41, 5.74) is 8.69. The van der Waals surface area contributed by atoms with Crippen molar-refractivity contribution >= 4 is 16.7 Å². The van der Waals surface area contributed by atoms with Crippen LogP contribution in [-0.4, -0.2) is 19.7 Å². The number of benzene rings is 1. The van der Waals surface area contributed by atoms with Crippen molar-refractivity contribution in [1.29, 1.82) is 0 Å². The molecule has 0 saturated heterocycles. The fourth-order valence-corrected chi connectivity index (χ4v) is 3.54. The lowest BCUT2D eigenvalue weighted by Crippen LogP contribution is -2.12. The van der Waals surface area contributed by atoms with Gasteiger partial charge in [0.25, 0.3) is 5.56 Å². The lowest BCUT2D eigenvalue weighted by atomic mass is 10.2. The Bertz CT molecular complexity index is 932. The van der Waals surface area contributed by atoms with Gasteiger partial charge >= 0.3 is 0 Å². The van der Waals surface area contributed by atoms with Gasteiger partial charge in [0.15, 0.2) is 5.65 Å². The van der Waals surface area contributed by atoms with E-state index in [4.69, 9.17) is 15.8 Å². The average Bonchev–Trinajstić information content (AvgIpc) is 3.22. The summed E-state index contributed by atoms with van der Waals surface area (Å²) >= 11 is 0. The van der Waals surface area contributed by atoms with Gasteiger partial charge in [0, 0.05) is 11.3 Å². The zero-order valence-corrected chi connectivity index (χ0v) is 13.7. The first-order chi connectivity index (χ1) is 11.7. The number of hydrogen-bond donors (Lipinski definition) is 2. The van der Waals surface area contributed by atoms with Gasteiger partial charge in [-0.2, -0.15) is 5.10 Å². The maximum Gasteiger partial charge on any atom is 0.262 e. The van der Waals surface area contributed by atoms with Gasteiger partial charge in [-0.25, -0.2) is 9.67 Å². The number of nitrogens with one attached hydrogen (secondary N) is 1. The van der Waals surface area contributed by atoms with E-state index in [1.165, 1.54) is 12.8 Å². The van der Waals surface area contributed by atoms with E-state index in [0.717, 1.165) is 30.5 Å². The van der Waals surface area contributed by atoms with Gasteiger partial charge in [-0.05, 0) is 43.5 Å². The molecular weight excluding hydrogens is 302 g/mol. The molecule has 4 rings (SSSR count). The number of nitrogens with zero attached hydrogens (tertiary/aromatic N) is 3. The Hall–Kier alpha value is -2.63. The van der Waals surface area contributed by atoms with Crippen molar-refractivity contribution in [2.45, 2.75) is 45.1 Å². The molecule has 0 atom stereocenters. The third-order valence-electron chi connectivity index (χ3n) is 4.82. The Morgan fingerprint density at radius 1 is 1.25 bits per heavy atom. The first-order valence-electron chi connectivity index (χ1n) is 8.54. The van der Waals surface area contributed by atoms with Crippen LogP contribution < -0.4 is 11.3 Å². The maximum absolute atomic E-state index is 12.7. The predicted octanol–water partition coefficient (Wildman–Crippen LogP) is 3.05. The van der Waals surface area contributed by atoms with Crippen molar-refractivity contribution in [3.8, 4) is 11.4 Å². The van der Waals surface area contributed by atoms with E-state index < -0.39 is 0 Å². The Kier molecular flexibility index (Phi) is 3.59. The fourth-order valence-electron chi connectivity index (χ4n) is 3.54. The molecule has 0 amide bonds. The normalized spacial score (nSPS) is 15.4. The number of nitrogens with two attached hydrogens (primary N) is 1. The molecule has 6 nitrogen and oxygen atoms in total. The third kappa shape index (κ3) is 2.38. The first-order valence-corrected chi connectivity index (χ1v) is 8.54. The molecule has 1 fully saturated rings. The summed E-state index contributed by atoms with van der Waals surface area (Å²) in [5, 5.41) is 5.34. The number of fused-ring (bicyclic) bond motifs is 1. The van der Waals surface area contributed by atoms with Crippen LogP contribution in [0, 0.1) is 0 Å². The van der Waals surface area contributed by atoms with Crippen LogP contribution in [-0.2, 0) is 6.42 Å². The Morgan fingerprint density at radius 2 is 1.96 bits per heavy atom. The van der Waals surface area contributed by atoms with Crippen LogP contribution >= 0.6 is 0 Å². The number of aromatic amines is 1. The van der Waals surface area contributed by atoms with Gasteiger partial charge < -0.3 is 10.7 Å². The van der Waals surface area contributed by atoms with Gasteiger partial charge in [0.1, 0.15) is 11.2 Å². The highest BCUT2D eigenvalue weighted by Gasteiger charge is 2.24. The molecule has 0 spiro atoms. The minimum atomic E-state index is -0.118. The van der Waals surface area contributed by atoms with Crippen molar-refractivity contribution in [2.24, 2.45) is 0 Å². The van der Waals surface area contributed by atoms with E-state index >= 15 is 0 Å². The fraction of sp³-hybridized carbons (Fsp3) is 0.389. The van der Waals surface area contributed by atoms with Crippen LogP contribution in [0.4, 0.5) is 5.69 Å². The van der Waals surface area contributed by atoms with E-state index in [1.54, 1.807) is 0 Å². The van der Waals surface area contributed by atoms with E-state index in [9.17, 15) is 4.79 Å². The molecule has 1 aliphatic carbocycles. The monoisotopic (exact) mass is 323 g/mol. The summed E-state index contributed by atoms with van der Waals surface area (Å²) in [4.78, 5) is 20.3. The highest BCUT2D eigenvalue weighted by Crippen LogP contribution is 2.32. The predicted molar refractivity (Wildman–Crippen MR) is 94.9 cm³/mol. The summed E-state index contributed by atoms with van der Waals surface area (Å²) in [5.74, 6) is 0.564. The number of H-pyrrole nitrogens is 1. The highest BCUT2D eigenvalue weighted by molar-refractivity contribution is 5.79. The molecule has 2 aromatic heterocycles. The molecule has 1 aromatic carbocycles. The lowest BCUT2D eigenvalue weighted by Gasteiger charge is -2.11. The summed E-state index contributed by atoms with van der Waals surface area (Å²) in [6, 6.07) is 7.71. The van der Waals surface area contributed by atoms with Crippen molar-refractivity contribution < 1.29 is 0 Å². The van der Waals surface area contributed by atoms with Crippen LogP contribution in [0.2, 0.25) is 0 Å². The molecule has 1 saturated carbocycles. The molecule has 3 N–H and O–H groups in total. The topological polar surface area (TPSA) is 89.6 Å². The molecule has 3 aromatic rings. The Balaban J connectivity index is 1.93. The van der Waals surface area contributed by atoms with Crippen molar-refractivity contribution in [3.63, 3.8) is 0 Å². The molecule has 2 heterocycles. The molecular formula is C18H21N5O. The van der Waals surface area contributed by atoms with Crippen molar-refractivity contribution in [2.75, 3.05) is 5.73 Å². The quantitative estimate of drug-likeness (QED) is 0.725. The average molecular weight is 323 g/mol. The smallest absolute Gasteiger partial charge is 0.262 e. The second-order valence-corrected chi connectivity index (χ2v) is 6.42. The number of aromatic nitrogens is 4. The van der Waals surface area contributed by atoms with Crippen LogP contribution in [0.25, 0.3) is 22.4 Å². The number of rotatable bonds is 3.